The average molecular weight is 304 g/mol. The van der Waals surface area contributed by atoms with Gasteiger partial charge in [0.25, 0.3) is 0 Å². The van der Waals surface area contributed by atoms with E-state index in [1.807, 2.05) is 0 Å². The standard InChI is InChI=1S/C11H14BrNO2S/c1-11(2,3)13-16-9-6-7(10(14)15)4-5-8(9)12/h4-6,13H,1-3H3,(H,14,15). The summed E-state index contributed by atoms with van der Waals surface area (Å²) in [5.74, 6) is -0.912. The molecule has 0 bridgehead atoms. The SMILES string of the molecule is CC(C)(C)NSc1cc(C(=O)O)ccc1Br. The van der Waals surface area contributed by atoms with Gasteiger partial charge in [-0.15, -0.1) is 0 Å². The molecule has 0 amide bonds. The maximum atomic E-state index is 10.8. The number of rotatable bonds is 3. The van der Waals surface area contributed by atoms with Crippen molar-refractivity contribution in [1.82, 2.24) is 4.72 Å². The van der Waals surface area contributed by atoms with Gasteiger partial charge in [-0.05, 0) is 66.8 Å². The van der Waals surface area contributed by atoms with Crippen molar-refractivity contribution in [3.63, 3.8) is 0 Å². The van der Waals surface area contributed by atoms with Crippen LogP contribution in [-0.2, 0) is 0 Å². The molecule has 0 saturated heterocycles. The van der Waals surface area contributed by atoms with Gasteiger partial charge in [0.2, 0.25) is 0 Å². The van der Waals surface area contributed by atoms with Crippen molar-refractivity contribution in [2.45, 2.75) is 31.2 Å². The molecule has 5 heteroatoms. The summed E-state index contributed by atoms with van der Waals surface area (Å²) in [4.78, 5) is 11.7. The van der Waals surface area contributed by atoms with Crippen LogP contribution >= 0.6 is 27.9 Å². The van der Waals surface area contributed by atoms with Crippen LogP contribution in [0.25, 0.3) is 0 Å². The molecule has 0 saturated carbocycles. The fourth-order valence-corrected chi connectivity index (χ4v) is 2.18. The first kappa shape index (κ1) is 13.5. The molecule has 0 aliphatic heterocycles. The zero-order valence-corrected chi connectivity index (χ0v) is 11.8. The number of halogens is 1. The molecule has 1 rings (SSSR count). The zero-order valence-electron chi connectivity index (χ0n) is 9.37. The Bertz CT molecular complexity index is 401. The molecule has 0 fully saturated rings. The van der Waals surface area contributed by atoms with Crippen LogP contribution in [0, 0.1) is 0 Å². The molecule has 88 valence electrons. The number of benzene rings is 1. The number of carboxylic acid groups (broad SMARTS) is 1. The Morgan fingerprint density at radius 2 is 2.06 bits per heavy atom. The van der Waals surface area contributed by atoms with Crippen molar-refractivity contribution in [3.8, 4) is 0 Å². The Kier molecular flexibility index (Phi) is 4.41. The fourth-order valence-electron chi connectivity index (χ4n) is 0.923. The van der Waals surface area contributed by atoms with Crippen molar-refractivity contribution >= 4 is 33.8 Å². The molecule has 0 radical (unpaired) electrons. The predicted octanol–water partition coefficient (Wildman–Crippen LogP) is 3.54. The number of nitrogens with one attached hydrogen (secondary N) is 1. The second-order valence-corrected chi connectivity index (χ2v) is 6.11. The highest BCUT2D eigenvalue weighted by Crippen LogP contribution is 2.28. The van der Waals surface area contributed by atoms with Crippen LogP contribution in [0.15, 0.2) is 27.6 Å². The summed E-state index contributed by atoms with van der Waals surface area (Å²) in [7, 11) is 0. The summed E-state index contributed by atoms with van der Waals surface area (Å²) in [5.41, 5.74) is 0.269. The average Bonchev–Trinajstić information content (AvgIpc) is 2.14. The number of carbonyl (C=O) groups is 1. The molecule has 16 heavy (non-hydrogen) atoms. The van der Waals surface area contributed by atoms with Gasteiger partial charge in [-0.25, -0.2) is 4.79 Å². The number of carboxylic acids is 1. The van der Waals surface area contributed by atoms with Gasteiger partial charge in [-0.1, -0.05) is 0 Å². The van der Waals surface area contributed by atoms with Gasteiger partial charge >= 0.3 is 5.97 Å². The van der Waals surface area contributed by atoms with Crippen LogP contribution in [0.2, 0.25) is 0 Å². The van der Waals surface area contributed by atoms with E-state index < -0.39 is 5.97 Å². The molecule has 1 aromatic carbocycles. The first-order valence-electron chi connectivity index (χ1n) is 4.76. The van der Waals surface area contributed by atoms with Crippen LogP contribution in [0.4, 0.5) is 0 Å². The largest absolute Gasteiger partial charge is 0.478 e. The maximum absolute atomic E-state index is 10.8. The Balaban J connectivity index is 2.86. The van der Waals surface area contributed by atoms with Gasteiger partial charge in [-0.2, -0.15) is 0 Å². The predicted molar refractivity (Wildman–Crippen MR) is 69.8 cm³/mol. The number of hydrogen-bond donors (Lipinski definition) is 2. The Hall–Kier alpha value is -0.520. The molecular formula is C11H14BrNO2S. The van der Waals surface area contributed by atoms with E-state index in [1.54, 1.807) is 18.2 Å². The third-order valence-corrected chi connectivity index (χ3v) is 3.87. The second kappa shape index (κ2) is 5.21. The summed E-state index contributed by atoms with van der Waals surface area (Å²) in [6, 6.07) is 4.97. The molecule has 3 nitrogen and oxygen atoms in total. The van der Waals surface area contributed by atoms with Crippen LogP contribution in [-0.4, -0.2) is 16.6 Å². The van der Waals surface area contributed by atoms with E-state index in [9.17, 15) is 4.79 Å². The topological polar surface area (TPSA) is 49.3 Å². The van der Waals surface area contributed by atoms with Gasteiger partial charge in [-0.3, -0.25) is 4.72 Å². The second-order valence-electron chi connectivity index (χ2n) is 4.40. The summed E-state index contributed by atoms with van der Waals surface area (Å²) in [6.07, 6.45) is 0. The van der Waals surface area contributed by atoms with Crippen molar-refractivity contribution in [3.05, 3.63) is 28.2 Å². The van der Waals surface area contributed by atoms with Crippen molar-refractivity contribution in [2.24, 2.45) is 0 Å². The Morgan fingerprint density at radius 1 is 1.44 bits per heavy atom. The number of hydrogen-bond acceptors (Lipinski definition) is 3. The van der Waals surface area contributed by atoms with Crippen molar-refractivity contribution in [1.29, 1.82) is 0 Å². The minimum absolute atomic E-state index is 0.0245. The summed E-state index contributed by atoms with van der Waals surface area (Å²) in [6.45, 7) is 6.15. The minimum Gasteiger partial charge on any atom is -0.478 e. The van der Waals surface area contributed by atoms with Crippen LogP contribution in [0.5, 0.6) is 0 Å². The quantitative estimate of drug-likeness (QED) is 0.839. The van der Waals surface area contributed by atoms with E-state index in [0.717, 1.165) is 9.37 Å². The molecule has 0 aliphatic rings. The van der Waals surface area contributed by atoms with Crippen molar-refractivity contribution < 1.29 is 9.90 Å². The Morgan fingerprint density at radius 3 is 2.56 bits per heavy atom. The monoisotopic (exact) mass is 303 g/mol. The third-order valence-electron chi connectivity index (χ3n) is 1.65. The lowest BCUT2D eigenvalue weighted by atomic mass is 10.1. The molecular weight excluding hydrogens is 290 g/mol. The summed E-state index contributed by atoms with van der Waals surface area (Å²) >= 11 is 4.82. The Labute approximate surface area is 108 Å². The molecule has 0 spiro atoms. The minimum atomic E-state index is -0.912. The molecule has 0 heterocycles. The van der Waals surface area contributed by atoms with Gasteiger partial charge in [0, 0.05) is 14.9 Å². The van der Waals surface area contributed by atoms with E-state index in [0.29, 0.717) is 5.56 Å². The van der Waals surface area contributed by atoms with Gasteiger partial charge < -0.3 is 5.11 Å². The highest BCUT2D eigenvalue weighted by Gasteiger charge is 2.12. The van der Waals surface area contributed by atoms with Crippen LogP contribution in [0.1, 0.15) is 31.1 Å². The van der Waals surface area contributed by atoms with E-state index in [2.05, 4.69) is 41.4 Å². The van der Waals surface area contributed by atoms with Gasteiger partial charge in [0.05, 0.1) is 5.56 Å². The van der Waals surface area contributed by atoms with Gasteiger partial charge in [0.15, 0.2) is 0 Å². The molecule has 1 aromatic rings. The fraction of sp³-hybridized carbons (Fsp3) is 0.364. The lowest BCUT2D eigenvalue weighted by molar-refractivity contribution is 0.0696. The van der Waals surface area contributed by atoms with Crippen LogP contribution in [0.3, 0.4) is 0 Å². The highest BCUT2D eigenvalue weighted by molar-refractivity contribution is 9.10. The summed E-state index contributed by atoms with van der Waals surface area (Å²) in [5, 5.41) is 8.88. The maximum Gasteiger partial charge on any atom is 0.335 e. The van der Waals surface area contributed by atoms with Gasteiger partial charge in [0.1, 0.15) is 0 Å². The third kappa shape index (κ3) is 4.15. The smallest absolute Gasteiger partial charge is 0.335 e. The molecule has 0 unspecified atom stereocenters. The summed E-state index contributed by atoms with van der Waals surface area (Å²) < 4.78 is 4.13. The molecule has 0 aliphatic carbocycles. The van der Waals surface area contributed by atoms with E-state index in [-0.39, 0.29) is 5.54 Å². The lowest BCUT2D eigenvalue weighted by Crippen LogP contribution is -2.29. The normalized spacial score (nSPS) is 11.5. The zero-order chi connectivity index (χ0) is 12.3. The molecule has 2 N–H and O–H groups in total. The number of aromatic carboxylic acids is 1. The molecule has 0 aromatic heterocycles. The van der Waals surface area contributed by atoms with E-state index >= 15 is 0 Å². The highest BCUT2D eigenvalue weighted by atomic mass is 79.9. The van der Waals surface area contributed by atoms with Crippen LogP contribution < -0.4 is 4.72 Å². The first-order chi connectivity index (χ1) is 7.29. The van der Waals surface area contributed by atoms with E-state index in [1.165, 1.54) is 11.9 Å². The molecule has 0 atom stereocenters. The first-order valence-corrected chi connectivity index (χ1v) is 6.37. The van der Waals surface area contributed by atoms with E-state index in [4.69, 9.17) is 5.11 Å². The lowest BCUT2D eigenvalue weighted by Gasteiger charge is -2.19. The van der Waals surface area contributed by atoms with Crippen molar-refractivity contribution in [2.75, 3.05) is 0 Å².